The maximum absolute atomic E-state index is 12.2. The van der Waals surface area contributed by atoms with Crippen molar-refractivity contribution >= 4 is 28.9 Å². The summed E-state index contributed by atoms with van der Waals surface area (Å²) >= 11 is 3.50. The lowest BCUT2D eigenvalue weighted by molar-refractivity contribution is 0.0918. The quantitative estimate of drug-likeness (QED) is 0.807. The van der Waals surface area contributed by atoms with Crippen LogP contribution in [0.2, 0.25) is 0 Å². The van der Waals surface area contributed by atoms with Crippen LogP contribution in [0.5, 0.6) is 0 Å². The molecule has 0 amide bonds. The molecule has 0 saturated heterocycles. The average Bonchev–Trinajstić information content (AvgIpc) is 2.65. The van der Waals surface area contributed by atoms with Crippen LogP contribution in [-0.2, 0) is 6.42 Å². The number of thiophene rings is 1. The van der Waals surface area contributed by atoms with E-state index in [1.54, 1.807) is 23.1 Å². The summed E-state index contributed by atoms with van der Waals surface area (Å²) in [6.07, 6.45) is 2.17. The van der Waals surface area contributed by atoms with Gasteiger partial charge in [-0.2, -0.15) is 5.26 Å². The molecule has 1 unspecified atom stereocenters. The van der Waals surface area contributed by atoms with Crippen molar-refractivity contribution in [1.29, 1.82) is 5.26 Å². The summed E-state index contributed by atoms with van der Waals surface area (Å²) in [7, 11) is 0. The molecule has 1 aliphatic rings. The van der Waals surface area contributed by atoms with E-state index >= 15 is 0 Å². The largest absolute Gasteiger partial charge is 0.294 e. The molecule has 2 heterocycles. The molecule has 0 N–H and O–H groups in total. The standard InChI is InChI=1S/C12H13NOS2/c1-2-9-7-10-11(14)8(3-5-13)4-6-15-12(10)16-9/h7-8H,2-4,6H2,1H3. The summed E-state index contributed by atoms with van der Waals surface area (Å²) in [5.74, 6) is 1.05. The summed E-state index contributed by atoms with van der Waals surface area (Å²) in [6, 6.07) is 4.14. The van der Waals surface area contributed by atoms with Crippen molar-refractivity contribution in [3.05, 3.63) is 16.5 Å². The fraction of sp³-hybridized carbons (Fsp3) is 0.500. The van der Waals surface area contributed by atoms with E-state index in [4.69, 9.17) is 5.26 Å². The molecule has 0 radical (unpaired) electrons. The van der Waals surface area contributed by atoms with Gasteiger partial charge in [0.1, 0.15) is 0 Å². The van der Waals surface area contributed by atoms with Crippen molar-refractivity contribution in [2.45, 2.75) is 30.4 Å². The van der Waals surface area contributed by atoms with E-state index in [2.05, 4.69) is 13.0 Å². The molecule has 1 aromatic rings. The summed E-state index contributed by atoms with van der Waals surface area (Å²) in [5, 5.41) is 8.72. The van der Waals surface area contributed by atoms with E-state index < -0.39 is 0 Å². The summed E-state index contributed by atoms with van der Waals surface area (Å²) in [5.41, 5.74) is 0.865. The Morgan fingerprint density at radius 3 is 3.12 bits per heavy atom. The zero-order valence-corrected chi connectivity index (χ0v) is 10.8. The number of hydrogen-bond acceptors (Lipinski definition) is 4. The van der Waals surface area contributed by atoms with Crippen LogP contribution < -0.4 is 0 Å². The number of hydrogen-bond donors (Lipinski definition) is 0. The lowest BCUT2D eigenvalue weighted by Crippen LogP contribution is -2.13. The van der Waals surface area contributed by atoms with E-state index in [0.29, 0.717) is 6.42 Å². The topological polar surface area (TPSA) is 40.9 Å². The normalized spacial score (nSPS) is 20.0. The van der Waals surface area contributed by atoms with Crippen LogP contribution >= 0.6 is 23.1 Å². The van der Waals surface area contributed by atoms with Crippen molar-refractivity contribution in [3.63, 3.8) is 0 Å². The van der Waals surface area contributed by atoms with E-state index in [9.17, 15) is 4.79 Å². The SMILES string of the molecule is CCc1cc2c(s1)SCCC(CC#N)C2=O. The minimum Gasteiger partial charge on any atom is -0.294 e. The highest BCUT2D eigenvalue weighted by Crippen LogP contribution is 2.38. The molecule has 0 aliphatic carbocycles. The van der Waals surface area contributed by atoms with Crippen LogP contribution in [0.15, 0.2) is 10.3 Å². The van der Waals surface area contributed by atoms with E-state index in [-0.39, 0.29) is 11.7 Å². The molecular formula is C12H13NOS2. The Morgan fingerprint density at radius 2 is 2.44 bits per heavy atom. The minimum absolute atomic E-state index is 0.0851. The Kier molecular flexibility index (Phi) is 3.67. The van der Waals surface area contributed by atoms with Crippen molar-refractivity contribution in [3.8, 4) is 6.07 Å². The van der Waals surface area contributed by atoms with Gasteiger partial charge >= 0.3 is 0 Å². The lowest BCUT2D eigenvalue weighted by Gasteiger charge is -2.06. The van der Waals surface area contributed by atoms with Crippen LogP contribution in [0.25, 0.3) is 0 Å². The number of carbonyl (C=O) groups excluding carboxylic acids is 1. The summed E-state index contributed by atoms with van der Waals surface area (Å²) < 4.78 is 1.15. The van der Waals surface area contributed by atoms with Crippen molar-refractivity contribution in [1.82, 2.24) is 0 Å². The van der Waals surface area contributed by atoms with Crippen LogP contribution in [0, 0.1) is 17.2 Å². The summed E-state index contributed by atoms with van der Waals surface area (Å²) in [6.45, 7) is 2.10. The molecule has 2 nitrogen and oxygen atoms in total. The Labute approximate surface area is 104 Å². The number of rotatable bonds is 2. The first-order chi connectivity index (χ1) is 7.76. The molecule has 2 rings (SSSR count). The van der Waals surface area contributed by atoms with Crippen LogP contribution in [-0.4, -0.2) is 11.5 Å². The van der Waals surface area contributed by atoms with Gasteiger partial charge in [-0.3, -0.25) is 4.79 Å². The molecule has 1 aromatic heterocycles. The molecule has 84 valence electrons. The van der Waals surface area contributed by atoms with Gasteiger partial charge in [0.25, 0.3) is 0 Å². The molecule has 0 spiro atoms. The third kappa shape index (κ3) is 2.16. The van der Waals surface area contributed by atoms with E-state index in [1.165, 1.54) is 4.88 Å². The van der Waals surface area contributed by atoms with Gasteiger partial charge in [-0.1, -0.05) is 6.92 Å². The number of carbonyl (C=O) groups is 1. The molecule has 0 aromatic carbocycles. The smallest absolute Gasteiger partial charge is 0.168 e. The van der Waals surface area contributed by atoms with Gasteiger partial charge in [0, 0.05) is 22.8 Å². The number of nitriles is 1. The van der Waals surface area contributed by atoms with Gasteiger partial charge in [0.2, 0.25) is 0 Å². The number of nitrogens with zero attached hydrogens (tertiary/aromatic N) is 1. The first-order valence-corrected chi connectivity index (χ1v) is 7.23. The maximum Gasteiger partial charge on any atom is 0.168 e. The highest BCUT2D eigenvalue weighted by Gasteiger charge is 2.27. The van der Waals surface area contributed by atoms with Gasteiger partial charge in [-0.15, -0.1) is 23.1 Å². The van der Waals surface area contributed by atoms with E-state index in [0.717, 1.165) is 28.4 Å². The van der Waals surface area contributed by atoms with Crippen LogP contribution in [0.1, 0.15) is 35.0 Å². The van der Waals surface area contributed by atoms with E-state index in [1.807, 2.05) is 6.07 Å². The third-order valence-corrected chi connectivity index (χ3v) is 5.37. The number of ketones is 1. The molecule has 0 saturated carbocycles. The third-order valence-electron chi connectivity index (χ3n) is 2.77. The van der Waals surface area contributed by atoms with Gasteiger partial charge < -0.3 is 0 Å². The molecule has 0 fully saturated rings. The predicted octanol–water partition coefficient (Wildman–Crippen LogP) is 3.52. The van der Waals surface area contributed by atoms with Crippen molar-refractivity contribution in [2.75, 3.05) is 5.75 Å². The second kappa shape index (κ2) is 5.03. The predicted molar refractivity (Wildman–Crippen MR) is 67.1 cm³/mol. The highest BCUT2D eigenvalue weighted by atomic mass is 32.2. The molecule has 4 heteroatoms. The van der Waals surface area contributed by atoms with Gasteiger partial charge in [0.15, 0.2) is 5.78 Å². The Hall–Kier alpha value is -0.790. The Bertz CT molecular complexity index is 444. The van der Waals surface area contributed by atoms with Crippen molar-refractivity contribution in [2.24, 2.45) is 5.92 Å². The molecular weight excluding hydrogens is 238 g/mol. The minimum atomic E-state index is -0.0851. The average molecular weight is 251 g/mol. The first kappa shape index (κ1) is 11.7. The van der Waals surface area contributed by atoms with Gasteiger partial charge in [0.05, 0.1) is 10.3 Å². The Morgan fingerprint density at radius 1 is 1.62 bits per heavy atom. The van der Waals surface area contributed by atoms with Gasteiger partial charge in [-0.25, -0.2) is 0 Å². The van der Waals surface area contributed by atoms with Crippen LogP contribution in [0.3, 0.4) is 0 Å². The molecule has 1 atom stereocenters. The highest BCUT2D eigenvalue weighted by molar-refractivity contribution is 8.01. The first-order valence-electron chi connectivity index (χ1n) is 5.43. The molecule has 16 heavy (non-hydrogen) atoms. The fourth-order valence-electron chi connectivity index (χ4n) is 1.83. The number of fused-ring (bicyclic) bond motifs is 1. The lowest BCUT2D eigenvalue weighted by atomic mass is 9.94. The zero-order valence-electron chi connectivity index (χ0n) is 9.16. The monoisotopic (exact) mass is 251 g/mol. The zero-order chi connectivity index (χ0) is 11.5. The fourth-order valence-corrected chi connectivity index (χ4v) is 4.36. The molecule has 0 bridgehead atoms. The Balaban J connectivity index is 2.32. The van der Waals surface area contributed by atoms with Crippen LogP contribution in [0.4, 0.5) is 0 Å². The second-order valence-electron chi connectivity index (χ2n) is 3.83. The summed E-state index contributed by atoms with van der Waals surface area (Å²) in [4.78, 5) is 13.5. The second-order valence-corrected chi connectivity index (χ2v) is 6.33. The molecule has 1 aliphatic heterocycles. The number of Topliss-reactive ketones (excluding diaryl/α,β-unsaturated/α-hetero) is 1. The van der Waals surface area contributed by atoms with Gasteiger partial charge in [-0.05, 0) is 24.7 Å². The number of thioether (sulfide) groups is 1. The van der Waals surface area contributed by atoms with Crippen molar-refractivity contribution < 1.29 is 4.79 Å². The number of aryl methyl sites for hydroxylation is 1. The maximum atomic E-state index is 12.2.